The lowest BCUT2D eigenvalue weighted by atomic mass is 10.1. The molecule has 0 N–H and O–H groups in total. The monoisotopic (exact) mass is 160 g/mol. The number of hydrogen-bond acceptors (Lipinski definition) is 1. The Labute approximate surface area is 72.4 Å². The minimum absolute atomic E-state index is 0.304. The molecular formula is C11H12O. The molecule has 1 aliphatic rings. The smallest absolute Gasteiger partial charge is 0.163 e. The molecule has 1 nitrogen and oxygen atoms in total. The molecule has 1 aliphatic carbocycles. The number of ketones is 1. The van der Waals surface area contributed by atoms with Crippen LogP contribution < -0.4 is 0 Å². The molecule has 0 aromatic heterocycles. The van der Waals surface area contributed by atoms with Crippen LogP contribution in [0.5, 0.6) is 0 Å². The molecule has 1 heteroatoms. The molecule has 0 spiro atoms. The summed E-state index contributed by atoms with van der Waals surface area (Å²) < 4.78 is 0. The Kier molecular flexibility index (Phi) is 1.94. The summed E-state index contributed by atoms with van der Waals surface area (Å²) in [6, 6.07) is 9.56. The quantitative estimate of drug-likeness (QED) is 0.621. The van der Waals surface area contributed by atoms with E-state index in [1.165, 1.54) is 12.8 Å². The van der Waals surface area contributed by atoms with Crippen molar-refractivity contribution in [3.05, 3.63) is 35.9 Å². The normalized spacial score (nSPS) is 16.0. The van der Waals surface area contributed by atoms with E-state index in [0.717, 1.165) is 12.0 Å². The zero-order valence-corrected chi connectivity index (χ0v) is 6.99. The van der Waals surface area contributed by atoms with Crippen molar-refractivity contribution in [1.82, 2.24) is 0 Å². The Hall–Kier alpha value is -1.11. The van der Waals surface area contributed by atoms with E-state index in [4.69, 9.17) is 0 Å². The molecule has 0 radical (unpaired) electrons. The zero-order valence-electron chi connectivity index (χ0n) is 6.99. The molecule has 0 atom stereocenters. The van der Waals surface area contributed by atoms with Crippen molar-refractivity contribution in [1.29, 1.82) is 0 Å². The van der Waals surface area contributed by atoms with E-state index in [1.807, 2.05) is 30.3 Å². The van der Waals surface area contributed by atoms with Crippen LogP contribution in [-0.2, 0) is 0 Å². The summed E-state index contributed by atoms with van der Waals surface area (Å²) in [4.78, 5) is 11.5. The number of benzene rings is 1. The van der Waals surface area contributed by atoms with Crippen LogP contribution in [0.1, 0.15) is 29.6 Å². The number of rotatable bonds is 3. The van der Waals surface area contributed by atoms with Crippen molar-refractivity contribution < 1.29 is 4.79 Å². The van der Waals surface area contributed by atoms with Gasteiger partial charge < -0.3 is 0 Å². The van der Waals surface area contributed by atoms with Gasteiger partial charge in [0, 0.05) is 12.0 Å². The van der Waals surface area contributed by atoms with Crippen LogP contribution in [0, 0.1) is 5.92 Å². The zero-order chi connectivity index (χ0) is 8.39. The van der Waals surface area contributed by atoms with E-state index in [0.29, 0.717) is 11.7 Å². The highest BCUT2D eigenvalue weighted by Gasteiger charge is 2.24. The Morgan fingerprint density at radius 3 is 2.50 bits per heavy atom. The molecule has 0 amide bonds. The second-order valence-corrected chi connectivity index (χ2v) is 3.44. The molecule has 1 fully saturated rings. The summed E-state index contributed by atoms with van der Waals surface area (Å²) in [5.74, 6) is 0.996. The van der Waals surface area contributed by atoms with E-state index in [9.17, 15) is 4.79 Å². The molecule has 0 bridgehead atoms. The van der Waals surface area contributed by atoms with Crippen LogP contribution in [-0.4, -0.2) is 5.78 Å². The average molecular weight is 160 g/mol. The fraction of sp³-hybridized carbons (Fsp3) is 0.364. The first kappa shape index (κ1) is 7.53. The van der Waals surface area contributed by atoms with Crippen LogP contribution in [0.25, 0.3) is 0 Å². The highest BCUT2D eigenvalue weighted by atomic mass is 16.1. The van der Waals surface area contributed by atoms with Crippen molar-refractivity contribution in [3.8, 4) is 0 Å². The summed E-state index contributed by atoms with van der Waals surface area (Å²) in [7, 11) is 0. The van der Waals surface area contributed by atoms with E-state index in [-0.39, 0.29) is 0 Å². The SMILES string of the molecule is O=C(CC1CC1)c1ccccc1. The predicted octanol–water partition coefficient (Wildman–Crippen LogP) is 2.67. The fourth-order valence-electron chi connectivity index (χ4n) is 1.33. The molecule has 1 saturated carbocycles. The summed E-state index contributed by atoms with van der Waals surface area (Å²) in [6.45, 7) is 0. The molecule has 1 aromatic carbocycles. The van der Waals surface area contributed by atoms with Gasteiger partial charge in [-0.15, -0.1) is 0 Å². The Morgan fingerprint density at radius 1 is 1.25 bits per heavy atom. The van der Waals surface area contributed by atoms with Crippen molar-refractivity contribution in [3.63, 3.8) is 0 Å². The van der Waals surface area contributed by atoms with Gasteiger partial charge in [0.15, 0.2) is 5.78 Å². The Morgan fingerprint density at radius 2 is 1.92 bits per heavy atom. The van der Waals surface area contributed by atoms with Crippen molar-refractivity contribution in [2.24, 2.45) is 5.92 Å². The largest absolute Gasteiger partial charge is 0.294 e. The molecular weight excluding hydrogens is 148 g/mol. The van der Waals surface area contributed by atoms with E-state index >= 15 is 0 Å². The highest BCUT2D eigenvalue weighted by Crippen LogP contribution is 2.33. The first-order chi connectivity index (χ1) is 5.86. The Bertz CT molecular complexity index is 272. The van der Waals surface area contributed by atoms with Crippen molar-refractivity contribution in [2.45, 2.75) is 19.3 Å². The summed E-state index contributed by atoms with van der Waals surface area (Å²) in [5, 5.41) is 0. The van der Waals surface area contributed by atoms with Gasteiger partial charge in [0.1, 0.15) is 0 Å². The lowest BCUT2D eigenvalue weighted by Gasteiger charge is -1.97. The topological polar surface area (TPSA) is 17.1 Å². The summed E-state index contributed by atoms with van der Waals surface area (Å²) in [5.41, 5.74) is 0.865. The average Bonchev–Trinajstić information content (AvgIpc) is 2.90. The van der Waals surface area contributed by atoms with Gasteiger partial charge in [0.05, 0.1) is 0 Å². The van der Waals surface area contributed by atoms with Crippen LogP contribution in [0.2, 0.25) is 0 Å². The summed E-state index contributed by atoms with van der Waals surface area (Å²) in [6.07, 6.45) is 3.25. The van der Waals surface area contributed by atoms with Crippen LogP contribution >= 0.6 is 0 Å². The Balaban J connectivity index is 2.03. The van der Waals surface area contributed by atoms with Gasteiger partial charge in [-0.1, -0.05) is 30.3 Å². The standard InChI is InChI=1S/C11H12O/c12-11(8-9-6-7-9)10-4-2-1-3-5-10/h1-5,9H,6-8H2. The number of carbonyl (C=O) groups is 1. The van der Waals surface area contributed by atoms with Gasteiger partial charge in [-0.25, -0.2) is 0 Å². The minimum atomic E-state index is 0.304. The highest BCUT2D eigenvalue weighted by molar-refractivity contribution is 5.96. The van der Waals surface area contributed by atoms with Gasteiger partial charge in [-0.2, -0.15) is 0 Å². The molecule has 2 rings (SSSR count). The molecule has 12 heavy (non-hydrogen) atoms. The third-order valence-corrected chi connectivity index (χ3v) is 2.27. The van der Waals surface area contributed by atoms with Crippen LogP contribution in [0.3, 0.4) is 0 Å². The van der Waals surface area contributed by atoms with Crippen LogP contribution in [0.15, 0.2) is 30.3 Å². The molecule has 62 valence electrons. The molecule has 0 unspecified atom stereocenters. The number of hydrogen-bond donors (Lipinski definition) is 0. The van der Waals surface area contributed by atoms with Gasteiger partial charge in [0.2, 0.25) is 0 Å². The van der Waals surface area contributed by atoms with E-state index < -0.39 is 0 Å². The molecule has 1 aromatic rings. The lowest BCUT2D eigenvalue weighted by molar-refractivity contribution is 0.0976. The molecule has 0 aliphatic heterocycles. The van der Waals surface area contributed by atoms with Crippen molar-refractivity contribution in [2.75, 3.05) is 0 Å². The maximum atomic E-state index is 11.5. The lowest BCUT2D eigenvalue weighted by Crippen LogP contribution is -1.98. The van der Waals surface area contributed by atoms with Gasteiger partial charge in [-0.05, 0) is 18.8 Å². The fourth-order valence-corrected chi connectivity index (χ4v) is 1.33. The van der Waals surface area contributed by atoms with Gasteiger partial charge in [0.25, 0.3) is 0 Å². The van der Waals surface area contributed by atoms with Gasteiger partial charge in [-0.3, -0.25) is 4.79 Å². The third kappa shape index (κ3) is 1.73. The molecule has 0 heterocycles. The second kappa shape index (κ2) is 3.10. The maximum absolute atomic E-state index is 11.5. The second-order valence-electron chi connectivity index (χ2n) is 3.44. The summed E-state index contributed by atoms with van der Waals surface area (Å²) >= 11 is 0. The molecule has 0 saturated heterocycles. The van der Waals surface area contributed by atoms with Crippen molar-refractivity contribution >= 4 is 5.78 Å². The first-order valence-corrected chi connectivity index (χ1v) is 4.44. The van der Waals surface area contributed by atoms with Gasteiger partial charge >= 0.3 is 0 Å². The number of Topliss-reactive ketones (excluding diaryl/α,β-unsaturated/α-hetero) is 1. The van der Waals surface area contributed by atoms with E-state index in [1.54, 1.807) is 0 Å². The number of carbonyl (C=O) groups excluding carboxylic acids is 1. The third-order valence-electron chi connectivity index (χ3n) is 2.27. The predicted molar refractivity (Wildman–Crippen MR) is 48.1 cm³/mol. The van der Waals surface area contributed by atoms with Crippen LogP contribution in [0.4, 0.5) is 0 Å². The maximum Gasteiger partial charge on any atom is 0.163 e. The van der Waals surface area contributed by atoms with E-state index in [2.05, 4.69) is 0 Å². The first-order valence-electron chi connectivity index (χ1n) is 4.44. The minimum Gasteiger partial charge on any atom is -0.294 e.